The number of hydrogen-bond acceptors (Lipinski definition) is 6. The second kappa shape index (κ2) is 8.53. The highest BCUT2D eigenvalue weighted by Gasteiger charge is 1.95. The highest BCUT2D eigenvalue weighted by Crippen LogP contribution is 2.25. The summed E-state index contributed by atoms with van der Waals surface area (Å²) < 4.78 is 10.2. The Bertz CT molecular complexity index is 810. The molecule has 130 valence electrons. The van der Waals surface area contributed by atoms with Gasteiger partial charge in [-0.3, -0.25) is 0 Å². The van der Waals surface area contributed by atoms with E-state index in [-0.39, 0.29) is 0 Å². The first kappa shape index (κ1) is 17.3. The maximum absolute atomic E-state index is 5.11. The molecule has 0 fully saturated rings. The highest BCUT2D eigenvalue weighted by molar-refractivity contribution is 5.48. The van der Waals surface area contributed by atoms with Crippen LogP contribution in [0.4, 0.5) is 22.7 Å². The Hall–Kier alpha value is -3.54. The molecule has 0 bridgehead atoms. The Morgan fingerprint density at radius 2 is 0.654 bits per heavy atom. The predicted molar refractivity (Wildman–Crippen MR) is 101 cm³/mol. The topological polar surface area (TPSA) is 67.9 Å². The van der Waals surface area contributed by atoms with E-state index < -0.39 is 0 Å². The number of rotatable bonds is 6. The summed E-state index contributed by atoms with van der Waals surface area (Å²) in [6.45, 7) is 0. The molecule has 0 aromatic heterocycles. The van der Waals surface area contributed by atoms with Gasteiger partial charge >= 0.3 is 0 Å². The quantitative estimate of drug-likeness (QED) is 0.476. The molecule has 0 aliphatic rings. The molecule has 3 aromatic rings. The third-order valence-corrected chi connectivity index (χ3v) is 3.56. The van der Waals surface area contributed by atoms with Crippen molar-refractivity contribution in [3.63, 3.8) is 0 Å². The van der Waals surface area contributed by atoms with E-state index in [2.05, 4.69) is 20.5 Å². The van der Waals surface area contributed by atoms with Crippen LogP contribution < -0.4 is 9.47 Å². The molecule has 6 heteroatoms. The lowest BCUT2D eigenvalue weighted by Gasteiger charge is -1.99. The molecule has 0 aliphatic heterocycles. The number of benzene rings is 3. The summed E-state index contributed by atoms with van der Waals surface area (Å²) in [6.07, 6.45) is 0. The Morgan fingerprint density at radius 3 is 0.885 bits per heavy atom. The van der Waals surface area contributed by atoms with Crippen molar-refractivity contribution < 1.29 is 9.47 Å². The van der Waals surface area contributed by atoms with Gasteiger partial charge in [0.05, 0.1) is 37.0 Å². The minimum atomic E-state index is 0.740. The number of ether oxygens (including phenoxy) is 2. The van der Waals surface area contributed by atoms with Crippen LogP contribution >= 0.6 is 0 Å². The molecule has 0 saturated heterocycles. The summed E-state index contributed by atoms with van der Waals surface area (Å²) >= 11 is 0. The Kier molecular flexibility index (Phi) is 5.67. The largest absolute Gasteiger partial charge is 0.497 e. The van der Waals surface area contributed by atoms with Crippen molar-refractivity contribution in [2.75, 3.05) is 14.2 Å². The molecule has 0 radical (unpaired) electrons. The summed E-state index contributed by atoms with van der Waals surface area (Å²) in [6, 6.07) is 22.1. The first-order chi connectivity index (χ1) is 12.8. The van der Waals surface area contributed by atoms with Crippen molar-refractivity contribution in [2.45, 2.75) is 0 Å². The average Bonchev–Trinajstić information content (AvgIpc) is 2.72. The van der Waals surface area contributed by atoms with Crippen LogP contribution in [-0.2, 0) is 0 Å². The average molecular weight is 346 g/mol. The van der Waals surface area contributed by atoms with E-state index in [4.69, 9.17) is 9.47 Å². The van der Waals surface area contributed by atoms with Gasteiger partial charge in [-0.25, -0.2) is 0 Å². The van der Waals surface area contributed by atoms with Crippen LogP contribution in [0.1, 0.15) is 0 Å². The smallest absolute Gasteiger partial charge is 0.119 e. The highest BCUT2D eigenvalue weighted by atomic mass is 16.5. The number of nitrogens with zero attached hydrogens (tertiary/aromatic N) is 4. The second-order valence-corrected chi connectivity index (χ2v) is 5.31. The van der Waals surface area contributed by atoms with Crippen LogP contribution in [-0.4, -0.2) is 14.2 Å². The lowest BCUT2D eigenvalue weighted by atomic mass is 10.3. The van der Waals surface area contributed by atoms with Crippen molar-refractivity contribution in [1.29, 1.82) is 0 Å². The molecular weight excluding hydrogens is 328 g/mol. The molecule has 0 amide bonds. The van der Waals surface area contributed by atoms with Crippen LogP contribution in [0.3, 0.4) is 0 Å². The number of methoxy groups -OCH3 is 2. The first-order valence-corrected chi connectivity index (χ1v) is 7.98. The Balaban J connectivity index is 1.63. The van der Waals surface area contributed by atoms with Crippen LogP contribution in [0.2, 0.25) is 0 Å². The van der Waals surface area contributed by atoms with Gasteiger partial charge in [-0.1, -0.05) is 0 Å². The van der Waals surface area contributed by atoms with Gasteiger partial charge in [0.2, 0.25) is 0 Å². The molecule has 0 saturated carbocycles. The van der Waals surface area contributed by atoms with Crippen molar-refractivity contribution in [2.24, 2.45) is 20.5 Å². The van der Waals surface area contributed by atoms with Gasteiger partial charge in [0.1, 0.15) is 11.5 Å². The van der Waals surface area contributed by atoms with Crippen LogP contribution in [0.15, 0.2) is 93.3 Å². The number of azo groups is 2. The molecular formula is C20H18N4O2. The van der Waals surface area contributed by atoms with E-state index in [9.17, 15) is 0 Å². The van der Waals surface area contributed by atoms with Crippen LogP contribution in [0.25, 0.3) is 0 Å². The lowest BCUT2D eigenvalue weighted by molar-refractivity contribution is 0.414. The van der Waals surface area contributed by atoms with Gasteiger partial charge in [0.25, 0.3) is 0 Å². The number of hydrogen-bond donors (Lipinski definition) is 0. The van der Waals surface area contributed by atoms with Gasteiger partial charge in [0, 0.05) is 0 Å². The fraction of sp³-hybridized carbons (Fsp3) is 0.100. The zero-order chi connectivity index (χ0) is 18.2. The Morgan fingerprint density at radius 1 is 0.423 bits per heavy atom. The normalized spacial score (nSPS) is 11.2. The summed E-state index contributed by atoms with van der Waals surface area (Å²) in [4.78, 5) is 0. The molecule has 0 heterocycles. The molecule has 0 aliphatic carbocycles. The molecule has 0 atom stereocenters. The molecule has 0 N–H and O–H groups in total. The third kappa shape index (κ3) is 4.73. The third-order valence-electron chi connectivity index (χ3n) is 3.56. The maximum Gasteiger partial charge on any atom is 0.119 e. The van der Waals surface area contributed by atoms with Crippen molar-refractivity contribution in [3.05, 3.63) is 72.8 Å². The van der Waals surface area contributed by atoms with E-state index in [1.807, 2.05) is 72.8 Å². The summed E-state index contributed by atoms with van der Waals surface area (Å²) in [7, 11) is 3.26. The molecule has 6 nitrogen and oxygen atoms in total. The standard InChI is InChI=1S/C20H18N4O2/c1-25-19-11-7-17(8-12-19)23-21-15-3-5-16(6-4-15)22-24-18-9-13-20(26-2)14-10-18/h3-14H,1-2H3. The van der Waals surface area contributed by atoms with Crippen molar-refractivity contribution in [1.82, 2.24) is 0 Å². The SMILES string of the molecule is COc1ccc(N=Nc2ccc(N=Nc3ccc(OC)cc3)cc2)cc1. The van der Waals surface area contributed by atoms with Crippen molar-refractivity contribution >= 4 is 22.7 Å². The maximum atomic E-state index is 5.11. The molecule has 26 heavy (non-hydrogen) atoms. The Labute approximate surface area is 151 Å². The molecule has 3 rings (SSSR count). The molecule has 0 unspecified atom stereocenters. The zero-order valence-electron chi connectivity index (χ0n) is 14.5. The second-order valence-electron chi connectivity index (χ2n) is 5.31. The van der Waals surface area contributed by atoms with E-state index >= 15 is 0 Å². The van der Waals surface area contributed by atoms with Gasteiger partial charge in [0.15, 0.2) is 0 Å². The predicted octanol–water partition coefficient (Wildman–Crippen LogP) is 6.53. The molecule has 3 aromatic carbocycles. The van der Waals surface area contributed by atoms with Gasteiger partial charge in [-0.15, -0.1) is 0 Å². The van der Waals surface area contributed by atoms with Crippen molar-refractivity contribution in [3.8, 4) is 11.5 Å². The first-order valence-electron chi connectivity index (χ1n) is 7.98. The van der Waals surface area contributed by atoms with E-state index in [1.165, 1.54) is 0 Å². The lowest BCUT2D eigenvalue weighted by Crippen LogP contribution is -1.79. The van der Waals surface area contributed by atoms with Gasteiger partial charge in [-0.05, 0) is 72.8 Å². The fourth-order valence-corrected chi connectivity index (χ4v) is 2.11. The van der Waals surface area contributed by atoms with E-state index in [0.29, 0.717) is 0 Å². The zero-order valence-corrected chi connectivity index (χ0v) is 14.5. The summed E-state index contributed by atoms with van der Waals surface area (Å²) in [5, 5.41) is 16.8. The van der Waals surface area contributed by atoms with Crippen LogP contribution in [0, 0.1) is 0 Å². The monoisotopic (exact) mass is 346 g/mol. The minimum absolute atomic E-state index is 0.740. The molecule has 0 spiro atoms. The van der Waals surface area contributed by atoms with E-state index in [1.54, 1.807) is 14.2 Å². The fourth-order valence-electron chi connectivity index (χ4n) is 2.11. The van der Waals surface area contributed by atoms with Gasteiger partial charge < -0.3 is 9.47 Å². The summed E-state index contributed by atoms with van der Waals surface area (Å²) in [5.41, 5.74) is 3.00. The summed E-state index contributed by atoms with van der Waals surface area (Å²) in [5.74, 6) is 1.58. The van der Waals surface area contributed by atoms with Crippen LogP contribution in [0.5, 0.6) is 11.5 Å². The minimum Gasteiger partial charge on any atom is -0.497 e. The van der Waals surface area contributed by atoms with E-state index in [0.717, 1.165) is 34.2 Å². The van der Waals surface area contributed by atoms with Gasteiger partial charge in [-0.2, -0.15) is 20.5 Å².